The molecule has 0 amide bonds. The molecule has 1 aromatic rings. The summed E-state index contributed by atoms with van der Waals surface area (Å²) in [6.45, 7) is 7.17. The van der Waals surface area contributed by atoms with Crippen molar-refractivity contribution in [2.45, 2.75) is 0 Å². The number of hydrogen-bond acceptors (Lipinski definition) is 2. The molecule has 3 heteroatoms. The summed E-state index contributed by atoms with van der Waals surface area (Å²) in [6.07, 6.45) is 1.56. The zero-order valence-corrected chi connectivity index (χ0v) is 8.22. The first-order chi connectivity index (χ1) is 6.74. The molecule has 1 aromatic carbocycles. The molecule has 0 saturated heterocycles. The van der Waals surface area contributed by atoms with Crippen LogP contribution in [0, 0.1) is 0 Å². The average Bonchev–Trinajstić information content (AvgIpc) is 2.26. The van der Waals surface area contributed by atoms with Gasteiger partial charge >= 0.3 is 0 Å². The van der Waals surface area contributed by atoms with Crippen molar-refractivity contribution in [3.8, 4) is 0 Å². The minimum absolute atomic E-state index is 0.549. The van der Waals surface area contributed by atoms with Crippen LogP contribution in [0.5, 0.6) is 0 Å². The van der Waals surface area contributed by atoms with Crippen LogP contribution in [-0.4, -0.2) is 7.05 Å². The molecule has 0 aliphatic heterocycles. The standard InChI is InChI=1S/C11H13N3/c1-4-10(2)12-13-14(3)11-8-6-5-7-9-11/h4-9H,1-2H2,3H3. The molecule has 1 rings (SSSR count). The van der Waals surface area contributed by atoms with Gasteiger partial charge in [-0.3, -0.25) is 0 Å². The largest absolute Gasteiger partial charge is 0.250 e. The molecule has 0 atom stereocenters. The lowest BCUT2D eigenvalue weighted by molar-refractivity contribution is 0.909. The highest BCUT2D eigenvalue weighted by molar-refractivity contribution is 5.43. The summed E-state index contributed by atoms with van der Waals surface area (Å²) in [5.41, 5.74) is 1.53. The molecular weight excluding hydrogens is 174 g/mol. The minimum Gasteiger partial charge on any atom is -0.250 e. The zero-order chi connectivity index (χ0) is 10.4. The Hall–Kier alpha value is -1.90. The normalized spacial score (nSPS) is 10.1. The van der Waals surface area contributed by atoms with Crippen molar-refractivity contribution in [3.05, 3.63) is 55.3 Å². The average molecular weight is 187 g/mol. The van der Waals surface area contributed by atoms with Gasteiger partial charge in [-0.25, -0.2) is 5.01 Å². The summed E-state index contributed by atoms with van der Waals surface area (Å²) in [5.74, 6) is 0. The fraction of sp³-hybridized carbons (Fsp3) is 0.0909. The molecule has 0 bridgehead atoms. The van der Waals surface area contributed by atoms with Crippen LogP contribution >= 0.6 is 0 Å². The highest BCUT2D eigenvalue weighted by atomic mass is 15.5. The van der Waals surface area contributed by atoms with E-state index in [4.69, 9.17) is 0 Å². The van der Waals surface area contributed by atoms with Gasteiger partial charge < -0.3 is 0 Å². The Bertz CT molecular complexity index is 341. The van der Waals surface area contributed by atoms with Crippen LogP contribution in [0.15, 0.2) is 65.6 Å². The van der Waals surface area contributed by atoms with E-state index in [0.29, 0.717) is 5.70 Å². The second kappa shape index (κ2) is 4.97. The Morgan fingerprint density at radius 1 is 1.36 bits per heavy atom. The van der Waals surface area contributed by atoms with Gasteiger partial charge in [0.25, 0.3) is 0 Å². The van der Waals surface area contributed by atoms with E-state index in [1.807, 2.05) is 37.4 Å². The summed E-state index contributed by atoms with van der Waals surface area (Å²) < 4.78 is 0. The van der Waals surface area contributed by atoms with Crippen LogP contribution in [0.1, 0.15) is 0 Å². The van der Waals surface area contributed by atoms with Crippen LogP contribution in [0.25, 0.3) is 0 Å². The predicted molar refractivity (Wildman–Crippen MR) is 59.0 cm³/mol. The van der Waals surface area contributed by atoms with Crippen LogP contribution in [0.2, 0.25) is 0 Å². The van der Waals surface area contributed by atoms with Crippen molar-refractivity contribution in [2.24, 2.45) is 10.3 Å². The van der Waals surface area contributed by atoms with Gasteiger partial charge in [0.1, 0.15) is 0 Å². The summed E-state index contributed by atoms with van der Waals surface area (Å²) in [4.78, 5) is 0. The number of allylic oxidation sites excluding steroid dienone is 1. The van der Waals surface area contributed by atoms with Gasteiger partial charge in [0.15, 0.2) is 0 Å². The van der Waals surface area contributed by atoms with Crippen LogP contribution in [0.4, 0.5) is 5.69 Å². The van der Waals surface area contributed by atoms with Gasteiger partial charge in [-0.2, -0.15) is 0 Å². The summed E-state index contributed by atoms with van der Waals surface area (Å²) >= 11 is 0. The van der Waals surface area contributed by atoms with E-state index in [1.165, 1.54) is 0 Å². The van der Waals surface area contributed by atoms with E-state index >= 15 is 0 Å². The number of rotatable bonds is 4. The van der Waals surface area contributed by atoms with Crippen molar-refractivity contribution >= 4 is 5.69 Å². The molecular formula is C11H13N3. The quantitative estimate of drug-likeness (QED) is 0.404. The Labute approximate surface area is 84.1 Å². The second-order valence-corrected chi connectivity index (χ2v) is 2.74. The summed E-state index contributed by atoms with van der Waals surface area (Å²) in [5, 5.41) is 9.49. The SMILES string of the molecule is C=CC(=C)N=NN(C)c1ccccc1. The van der Waals surface area contributed by atoms with Crippen LogP contribution < -0.4 is 5.01 Å². The van der Waals surface area contributed by atoms with Gasteiger partial charge in [-0.1, -0.05) is 36.6 Å². The van der Waals surface area contributed by atoms with Gasteiger partial charge in [0, 0.05) is 7.05 Å². The van der Waals surface area contributed by atoms with Gasteiger partial charge in [0.05, 0.1) is 11.4 Å². The highest BCUT2D eigenvalue weighted by Gasteiger charge is 1.95. The molecule has 0 aliphatic rings. The lowest BCUT2D eigenvalue weighted by Crippen LogP contribution is -2.06. The van der Waals surface area contributed by atoms with Crippen LogP contribution in [-0.2, 0) is 0 Å². The molecule has 0 aromatic heterocycles. The maximum absolute atomic E-state index is 3.95. The first-order valence-corrected chi connectivity index (χ1v) is 4.26. The van der Waals surface area contributed by atoms with E-state index in [2.05, 4.69) is 23.5 Å². The number of benzene rings is 1. The third kappa shape index (κ3) is 2.86. The van der Waals surface area contributed by atoms with E-state index in [0.717, 1.165) is 5.69 Å². The molecule has 0 fully saturated rings. The van der Waals surface area contributed by atoms with E-state index in [9.17, 15) is 0 Å². The maximum Gasteiger partial charge on any atom is 0.0796 e. The molecule has 0 spiro atoms. The van der Waals surface area contributed by atoms with E-state index < -0.39 is 0 Å². The lowest BCUT2D eigenvalue weighted by atomic mass is 10.3. The number of anilines is 1. The molecule has 0 N–H and O–H groups in total. The monoisotopic (exact) mass is 187 g/mol. The Kier molecular flexibility index (Phi) is 3.61. The summed E-state index contributed by atoms with van der Waals surface area (Å²) in [7, 11) is 1.83. The second-order valence-electron chi connectivity index (χ2n) is 2.74. The zero-order valence-electron chi connectivity index (χ0n) is 8.22. The molecule has 0 saturated carbocycles. The first kappa shape index (κ1) is 10.2. The van der Waals surface area contributed by atoms with Gasteiger partial charge in [-0.15, -0.1) is 5.11 Å². The van der Waals surface area contributed by atoms with Crippen molar-refractivity contribution in [2.75, 3.05) is 12.1 Å². The molecule has 0 radical (unpaired) electrons. The maximum atomic E-state index is 3.95. The van der Waals surface area contributed by atoms with Gasteiger partial charge in [-0.05, 0) is 18.2 Å². The van der Waals surface area contributed by atoms with Gasteiger partial charge in [0.2, 0.25) is 0 Å². The van der Waals surface area contributed by atoms with Crippen molar-refractivity contribution in [1.29, 1.82) is 0 Å². The van der Waals surface area contributed by atoms with E-state index in [-0.39, 0.29) is 0 Å². The molecule has 14 heavy (non-hydrogen) atoms. The number of nitrogens with zero attached hydrogens (tertiary/aromatic N) is 3. The highest BCUT2D eigenvalue weighted by Crippen LogP contribution is 2.11. The Morgan fingerprint density at radius 3 is 2.57 bits per heavy atom. The minimum atomic E-state index is 0.549. The van der Waals surface area contributed by atoms with Crippen molar-refractivity contribution < 1.29 is 0 Å². The molecule has 0 heterocycles. The molecule has 72 valence electrons. The lowest BCUT2D eigenvalue weighted by Gasteiger charge is -2.10. The van der Waals surface area contributed by atoms with Crippen molar-refractivity contribution in [1.82, 2.24) is 0 Å². The number of para-hydroxylation sites is 1. The fourth-order valence-electron chi connectivity index (χ4n) is 0.861. The number of hydrogen-bond donors (Lipinski definition) is 0. The summed E-state index contributed by atoms with van der Waals surface area (Å²) in [6, 6.07) is 9.76. The molecule has 0 aliphatic carbocycles. The smallest absolute Gasteiger partial charge is 0.0796 e. The third-order valence-corrected chi connectivity index (χ3v) is 1.67. The first-order valence-electron chi connectivity index (χ1n) is 4.26. The predicted octanol–water partition coefficient (Wildman–Crippen LogP) is 3.19. The Balaban J connectivity index is 2.68. The third-order valence-electron chi connectivity index (χ3n) is 1.67. The van der Waals surface area contributed by atoms with Crippen molar-refractivity contribution in [3.63, 3.8) is 0 Å². The Morgan fingerprint density at radius 2 is 2.00 bits per heavy atom. The topological polar surface area (TPSA) is 28.0 Å². The molecule has 0 unspecified atom stereocenters. The molecule has 3 nitrogen and oxygen atoms in total. The van der Waals surface area contributed by atoms with E-state index in [1.54, 1.807) is 11.1 Å². The fourth-order valence-corrected chi connectivity index (χ4v) is 0.861. The van der Waals surface area contributed by atoms with Crippen LogP contribution in [0.3, 0.4) is 0 Å².